The maximum absolute atomic E-state index is 12.8. The van der Waals surface area contributed by atoms with E-state index in [2.05, 4.69) is 47.8 Å². The van der Waals surface area contributed by atoms with Crippen LogP contribution < -0.4 is 0 Å². The Morgan fingerprint density at radius 3 is 2.26 bits per heavy atom. The quantitative estimate of drug-likeness (QED) is 0.429. The van der Waals surface area contributed by atoms with Crippen LogP contribution in [0.4, 0.5) is 0 Å². The van der Waals surface area contributed by atoms with Gasteiger partial charge in [0.05, 0.1) is 12.0 Å². The lowest BCUT2D eigenvalue weighted by Crippen LogP contribution is -2.66. The molecule has 5 aliphatic rings. The van der Waals surface area contributed by atoms with Crippen molar-refractivity contribution in [2.75, 3.05) is 6.61 Å². The lowest BCUT2D eigenvalue weighted by Gasteiger charge is -2.72. The number of aliphatic hydroxyl groups is 1. The Kier molecular flexibility index (Phi) is 5.40. The van der Waals surface area contributed by atoms with E-state index < -0.39 is 11.4 Å². The molecule has 34 heavy (non-hydrogen) atoms. The second-order valence-corrected chi connectivity index (χ2v) is 14.3. The highest BCUT2D eigenvalue weighted by Gasteiger charge is 2.71. The van der Waals surface area contributed by atoms with Crippen LogP contribution in [0, 0.1) is 56.7 Å². The second-order valence-electron chi connectivity index (χ2n) is 14.3. The first-order valence-electron chi connectivity index (χ1n) is 14.0. The Morgan fingerprint density at radius 1 is 0.941 bits per heavy atom. The Balaban J connectivity index is 1.57. The molecule has 10 atom stereocenters. The zero-order chi connectivity index (χ0) is 24.9. The lowest BCUT2D eigenvalue weighted by atomic mass is 9.32. The average Bonchev–Trinajstić information content (AvgIpc) is 3.18. The summed E-state index contributed by atoms with van der Waals surface area (Å²) in [5.74, 6) is 1.62. The number of carboxylic acid groups (broad SMARTS) is 1. The van der Waals surface area contributed by atoms with E-state index in [9.17, 15) is 15.0 Å². The molecule has 0 saturated heterocycles. The summed E-state index contributed by atoms with van der Waals surface area (Å²) >= 11 is 0. The van der Waals surface area contributed by atoms with Gasteiger partial charge >= 0.3 is 5.97 Å². The largest absolute Gasteiger partial charge is 0.481 e. The number of fused-ring (bicyclic) bond motifs is 7. The minimum absolute atomic E-state index is 0.162. The summed E-state index contributed by atoms with van der Waals surface area (Å²) in [6.07, 6.45) is 10.6. The van der Waals surface area contributed by atoms with Crippen molar-refractivity contribution in [2.24, 2.45) is 56.7 Å². The Labute approximate surface area is 207 Å². The molecule has 0 radical (unpaired) electrons. The number of aliphatic hydroxyl groups excluding tert-OH is 1. The van der Waals surface area contributed by atoms with Crippen molar-refractivity contribution in [3.05, 3.63) is 24.3 Å². The average molecular weight is 469 g/mol. The first-order chi connectivity index (χ1) is 15.8. The normalized spacial score (nSPS) is 54.4. The summed E-state index contributed by atoms with van der Waals surface area (Å²) in [5.41, 5.74) is 2.32. The molecule has 0 aromatic rings. The van der Waals surface area contributed by atoms with E-state index in [1.54, 1.807) is 0 Å². The summed E-state index contributed by atoms with van der Waals surface area (Å²) < 4.78 is 0. The van der Waals surface area contributed by atoms with Crippen LogP contribution in [0.3, 0.4) is 0 Å². The number of hydrogen-bond acceptors (Lipinski definition) is 2. The molecule has 5 rings (SSSR count). The summed E-state index contributed by atoms with van der Waals surface area (Å²) in [7, 11) is 0. The molecule has 5 saturated carbocycles. The molecule has 2 N–H and O–H groups in total. The molecular formula is C31H48O3. The Morgan fingerprint density at radius 2 is 1.65 bits per heavy atom. The van der Waals surface area contributed by atoms with Gasteiger partial charge < -0.3 is 10.2 Å². The van der Waals surface area contributed by atoms with Crippen LogP contribution in [0.25, 0.3) is 0 Å². The predicted octanol–water partition coefficient (Wildman–Crippen LogP) is 7.26. The fraction of sp³-hybridized carbons (Fsp3) is 0.839. The number of hydrogen-bond donors (Lipinski definition) is 2. The maximum atomic E-state index is 12.8. The molecule has 5 unspecified atom stereocenters. The van der Waals surface area contributed by atoms with Crippen molar-refractivity contribution in [3.63, 3.8) is 0 Å². The summed E-state index contributed by atoms with van der Waals surface area (Å²) in [6, 6.07) is 0. The molecule has 3 nitrogen and oxygen atoms in total. The van der Waals surface area contributed by atoms with Gasteiger partial charge in [-0.05, 0) is 117 Å². The van der Waals surface area contributed by atoms with E-state index in [-0.39, 0.29) is 34.2 Å². The zero-order valence-corrected chi connectivity index (χ0v) is 22.4. The van der Waals surface area contributed by atoms with Crippen molar-refractivity contribution < 1.29 is 15.0 Å². The van der Waals surface area contributed by atoms with Crippen LogP contribution in [-0.2, 0) is 4.79 Å². The second kappa shape index (κ2) is 7.46. The molecule has 5 aliphatic carbocycles. The topological polar surface area (TPSA) is 57.5 Å². The zero-order valence-electron chi connectivity index (χ0n) is 22.4. The monoisotopic (exact) mass is 468 g/mol. The van der Waals surface area contributed by atoms with E-state index in [0.29, 0.717) is 23.7 Å². The van der Waals surface area contributed by atoms with Crippen molar-refractivity contribution in [1.29, 1.82) is 0 Å². The highest BCUT2D eigenvalue weighted by Crippen LogP contribution is 2.77. The molecule has 0 bridgehead atoms. The fourth-order valence-electron chi connectivity index (χ4n) is 11.4. The first-order valence-corrected chi connectivity index (χ1v) is 14.0. The SMILES string of the molecule is C=C(C)C1CC[C@]2(C(=O)O)CC[C@]3(C)C(CCC4[C@@]5(C)CCC(=C)[C@@](C)(CO)C5CC[C@]43C)C12. The van der Waals surface area contributed by atoms with E-state index in [4.69, 9.17) is 0 Å². The smallest absolute Gasteiger partial charge is 0.309 e. The summed E-state index contributed by atoms with van der Waals surface area (Å²) in [4.78, 5) is 12.8. The van der Waals surface area contributed by atoms with Gasteiger partial charge in [0.2, 0.25) is 0 Å². The molecule has 0 spiro atoms. The van der Waals surface area contributed by atoms with Gasteiger partial charge in [-0.2, -0.15) is 0 Å². The minimum atomic E-state index is -0.546. The van der Waals surface area contributed by atoms with Gasteiger partial charge in [-0.3, -0.25) is 4.79 Å². The van der Waals surface area contributed by atoms with Gasteiger partial charge in [0.1, 0.15) is 0 Å². The molecule has 3 heteroatoms. The third kappa shape index (κ3) is 2.72. The minimum Gasteiger partial charge on any atom is -0.481 e. The Hall–Kier alpha value is -1.09. The number of allylic oxidation sites excluding steroid dienone is 1. The van der Waals surface area contributed by atoms with Crippen LogP contribution in [0.15, 0.2) is 24.3 Å². The van der Waals surface area contributed by atoms with Gasteiger partial charge in [-0.15, -0.1) is 0 Å². The molecular weight excluding hydrogens is 420 g/mol. The number of aliphatic carboxylic acids is 1. The summed E-state index contributed by atoms with van der Waals surface area (Å²) in [5, 5.41) is 21.0. The molecule has 0 aromatic carbocycles. The standard InChI is InChI=1S/C31H48O3/c1-19(2)21-11-15-31(26(33)34)17-16-29(6)22(25(21)31)8-9-24-27(4)13-10-20(3)28(5,18-32)23(27)12-14-30(24,29)7/h21-25,32H,1,3,8-18H2,2,4-7H3,(H,33,34)/t21?,22?,23?,24?,25?,27-,28+,29+,30+,31-/m0/s1. The first kappa shape index (κ1) is 24.6. The lowest BCUT2D eigenvalue weighted by molar-refractivity contribution is -0.235. The fourth-order valence-corrected chi connectivity index (χ4v) is 11.4. The number of carbonyl (C=O) groups is 1. The van der Waals surface area contributed by atoms with Crippen LogP contribution in [-0.4, -0.2) is 22.8 Å². The molecule has 0 heterocycles. The van der Waals surface area contributed by atoms with Crippen LogP contribution in [0.2, 0.25) is 0 Å². The van der Waals surface area contributed by atoms with Gasteiger partial charge in [0.25, 0.3) is 0 Å². The highest BCUT2D eigenvalue weighted by atomic mass is 16.4. The predicted molar refractivity (Wildman–Crippen MR) is 137 cm³/mol. The third-order valence-electron chi connectivity index (χ3n) is 13.6. The van der Waals surface area contributed by atoms with Crippen LogP contribution >= 0.6 is 0 Å². The third-order valence-corrected chi connectivity index (χ3v) is 13.6. The van der Waals surface area contributed by atoms with Gasteiger partial charge in [0.15, 0.2) is 0 Å². The maximum Gasteiger partial charge on any atom is 0.309 e. The van der Waals surface area contributed by atoms with Gasteiger partial charge in [-0.1, -0.05) is 52.0 Å². The van der Waals surface area contributed by atoms with Crippen molar-refractivity contribution >= 4 is 5.97 Å². The molecule has 0 aromatic heterocycles. The molecule has 5 fully saturated rings. The van der Waals surface area contributed by atoms with E-state index in [1.807, 2.05) is 0 Å². The van der Waals surface area contributed by atoms with Gasteiger partial charge in [0, 0.05) is 5.41 Å². The van der Waals surface area contributed by atoms with Crippen molar-refractivity contribution in [2.45, 2.75) is 98.8 Å². The number of rotatable bonds is 3. The Bertz CT molecular complexity index is 922. The van der Waals surface area contributed by atoms with Gasteiger partial charge in [-0.25, -0.2) is 0 Å². The van der Waals surface area contributed by atoms with E-state index >= 15 is 0 Å². The van der Waals surface area contributed by atoms with E-state index in [0.717, 1.165) is 44.9 Å². The van der Waals surface area contributed by atoms with Crippen molar-refractivity contribution in [3.8, 4) is 0 Å². The molecule has 190 valence electrons. The van der Waals surface area contributed by atoms with E-state index in [1.165, 1.54) is 30.4 Å². The molecule has 0 aliphatic heterocycles. The van der Waals surface area contributed by atoms with Crippen LogP contribution in [0.1, 0.15) is 98.8 Å². The number of carboxylic acids is 1. The van der Waals surface area contributed by atoms with Crippen LogP contribution in [0.5, 0.6) is 0 Å². The highest BCUT2D eigenvalue weighted by molar-refractivity contribution is 5.76. The summed E-state index contributed by atoms with van der Waals surface area (Å²) in [6.45, 7) is 21.1. The molecule has 0 amide bonds. The van der Waals surface area contributed by atoms with Crippen molar-refractivity contribution in [1.82, 2.24) is 0 Å².